The third-order valence-electron chi connectivity index (χ3n) is 4.96. The number of amides is 1. The van der Waals surface area contributed by atoms with Gasteiger partial charge in [-0.15, -0.1) is 11.3 Å². The van der Waals surface area contributed by atoms with Crippen molar-refractivity contribution in [2.24, 2.45) is 0 Å². The maximum absolute atomic E-state index is 12.8. The topological polar surface area (TPSA) is 33.2 Å². The van der Waals surface area contributed by atoms with Gasteiger partial charge in [0.05, 0.1) is 12.1 Å². The summed E-state index contributed by atoms with van der Waals surface area (Å²) in [6.07, 6.45) is 1.43. The van der Waals surface area contributed by atoms with Crippen molar-refractivity contribution in [2.75, 3.05) is 6.54 Å². The Bertz CT molecular complexity index is 842. The van der Waals surface area contributed by atoms with E-state index < -0.39 is 0 Å². The fraction of sp³-hybridized carbons (Fsp3) is 0.300. The van der Waals surface area contributed by atoms with E-state index in [4.69, 9.17) is 0 Å². The number of aromatic nitrogens is 1. The molecule has 2 aromatic heterocycles. The molecular formula is C20H20N2OS2. The molecule has 3 nitrogen and oxygen atoms in total. The number of carbonyl (C=O) groups excluding carboxylic acids is 1. The molecule has 1 aliphatic heterocycles. The van der Waals surface area contributed by atoms with E-state index in [0.29, 0.717) is 12.3 Å². The van der Waals surface area contributed by atoms with E-state index in [1.165, 1.54) is 5.56 Å². The van der Waals surface area contributed by atoms with Crippen molar-refractivity contribution in [1.29, 1.82) is 0 Å². The number of thiophene rings is 1. The van der Waals surface area contributed by atoms with Gasteiger partial charge in [-0.05, 0) is 30.4 Å². The molecule has 0 spiro atoms. The lowest BCUT2D eigenvalue weighted by molar-refractivity contribution is -0.131. The van der Waals surface area contributed by atoms with Crippen LogP contribution in [0.3, 0.4) is 0 Å². The first-order valence-corrected chi connectivity index (χ1v) is 10.4. The lowest BCUT2D eigenvalue weighted by Crippen LogP contribution is -2.36. The second-order valence-electron chi connectivity index (χ2n) is 6.47. The summed E-state index contributed by atoms with van der Waals surface area (Å²) in [6.45, 7) is 3.00. The summed E-state index contributed by atoms with van der Waals surface area (Å²) in [5.74, 6) is 0.620. The summed E-state index contributed by atoms with van der Waals surface area (Å²) in [4.78, 5) is 19.5. The minimum absolute atomic E-state index is 0.188. The quantitative estimate of drug-likeness (QED) is 0.661. The predicted octanol–water partition coefficient (Wildman–Crippen LogP) is 4.82. The Morgan fingerprint density at radius 2 is 2.08 bits per heavy atom. The van der Waals surface area contributed by atoms with Crippen LogP contribution in [0.25, 0.3) is 10.6 Å². The minimum Gasteiger partial charge on any atom is -0.339 e. The smallest absolute Gasteiger partial charge is 0.228 e. The second kappa shape index (κ2) is 7.10. The molecule has 5 heteroatoms. The van der Waals surface area contributed by atoms with Gasteiger partial charge in [0, 0.05) is 34.8 Å². The van der Waals surface area contributed by atoms with Gasteiger partial charge in [-0.3, -0.25) is 4.79 Å². The number of rotatable bonds is 4. The molecule has 128 valence electrons. The van der Waals surface area contributed by atoms with Gasteiger partial charge in [0.25, 0.3) is 0 Å². The minimum atomic E-state index is 0.188. The highest BCUT2D eigenvalue weighted by Crippen LogP contribution is 2.33. The average Bonchev–Trinajstić information content (AvgIpc) is 3.35. The van der Waals surface area contributed by atoms with Crippen LogP contribution in [0.15, 0.2) is 52.5 Å². The van der Waals surface area contributed by atoms with Crippen LogP contribution < -0.4 is 0 Å². The molecule has 0 unspecified atom stereocenters. The first kappa shape index (κ1) is 16.5. The molecule has 1 saturated heterocycles. The first-order valence-electron chi connectivity index (χ1n) is 8.54. The SMILES string of the molecule is C[C@@H]1[C@@H](c2ccccc2)CCN1C(=O)Cc1csc(-c2ccsc2)n1. The summed E-state index contributed by atoms with van der Waals surface area (Å²) < 4.78 is 0. The van der Waals surface area contributed by atoms with Crippen molar-refractivity contribution in [1.82, 2.24) is 9.88 Å². The Kier molecular flexibility index (Phi) is 4.68. The summed E-state index contributed by atoms with van der Waals surface area (Å²) >= 11 is 3.28. The number of thiazole rings is 1. The molecule has 25 heavy (non-hydrogen) atoms. The van der Waals surface area contributed by atoms with Gasteiger partial charge in [-0.25, -0.2) is 4.98 Å². The molecule has 4 rings (SSSR count). The number of likely N-dealkylation sites (tertiary alicyclic amines) is 1. The lowest BCUT2D eigenvalue weighted by atomic mass is 9.93. The van der Waals surface area contributed by atoms with E-state index in [9.17, 15) is 4.79 Å². The highest BCUT2D eigenvalue weighted by atomic mass is 32.1. The summed E-state index contributed by atoms with van der Waals surface area (Å²) in [7, 11) is 0. The van der Waals surface area contributed by atoms with E-state index in [1.54, 1.807) is 22.7 Å². The maximum Gasteiger partial charge on any atom is 0.228 e. The van der Waals surface area contributed by atoms with E-state index in [1.807, 2.05) is 16.3 Å². The summed E-state index contributed by atoms with van der Waals surface area (Å²) in [6, 6.07) is 12.8. The molecule has 2 atom stereocenters. The van der Waals surface area contributed by atoms with Crippen LogP contribution in [0.4, 0.5) is 0 Å². The van der Waals surface area contributed by atoms with Gasteiger partial charge in [-0.2, -0.15) is 11.3 Å². The highest BCUT2D eigenvalue weighted by Gasteiger charge is 2.34. The summed E-state index contributed by atoms with van der Waals surface area (Å²) in [5.41, 5.74) is 3.36. The molecule has 1 aromatic carbocycles. The van der Waals surface area contributed by atoms with Gasteiger partial charge in [0.15, 0.2) is 0 Å². The average molecular weight is 369 g/mol. The maximum atomic E-state index is 12.8. The fourth-order valence-electron chi connectivity index (χ4n) is 3.60. The molecule has 1 amide bonds. The van der Waals surface area contributed by atoms with Crippen LogP contribution in [-0.4, -0.2) is 28.4 Å². The third kappa shape index (κ3) is 3.39. The molecule has 1 fully saturated rings. The van der Waals surface area contributed by atoms with Crippen LogP contribution in [-0.2, 0) is 11.2 Å². The normalized spacial score (nSPS) is 20.1. The second-order valence-corrected chi connectivity index (χ2v) is 8.10. The molecule has 0 N–H and O–H groups in total. The van der Waals surface area contributed by atoms with Gasteiger partial charge in [-0.1, -0.05) is 30.3 Å². The van der Waals surface area contributed by atoms with Gasteiger partial charge < -0.3 is 4.90 Å². The molecular weight excluding hydrogens is 348 g/mol. The first-order chi connectivity index (χ1) is 12.2. The van der Waals surface area contributed by atoms with Crippen molar-refractivity contribution >= 4 is 28.6 Å². The summed E-state index contributed by atoms with van der Waals surface area (Å²) in [5, 5.41) is 7.16. The van der Waals surface area contributed by atoms with Crippen LogP contribution >= 0.6 is 22.7 Å². The zero-order valence-electron chi connectivity index (χ0n) is 14.1. The Morgan fingerprint density at radius 1 is 1.24 bits per heavy atom. The standard InChI is InChI=1S/C20H20N2OS2/c1-14-18(15-5-3-2-4-6-15)7-9-22(14)19(23)11-17-13-25-20(21-17)16-8-10-24-12-16/h2-6,8,10,12-14,18H,7,9,11H2,1H3/t14-,18+/m1/s1. The third-order valence-corrected chi connectivity index (χ3v) is 6.58. The highest BCUT2D eigenvalue weighted by molar-refractivity contribution is 7.14. The Morgan fingerprint density at radius 3 is 2.84 bits per heavy atom. The Balaban J connectivity index is 1.43. The number of carbonyl (C=O) groups is 1. The zero-order valence-corrected chi connectivity index (χ0v) is 15.7. The van der Waals surface area contributed by atoms with Crippen molar-refractivity contribution in [2.45, 2.75) is 31.7 Å². The van der Waals surface area contributed by atoms with E-state index >= 15 is 0 Å². The number of hydrogen-bond acceptors (Lipinski definition) is 4. The molecule has 0 aliphatic carbocycles. The van der Waals surface area contributed by atoms with Crippen molar-refractivity contribution in [3.05, 3.63) is 63.8 Å². The largest absolute Gasteiger partial charge is 0.339 e. The number of hydrogen-bond donors (Lipinski definition) is 0. The lowest BCUT2D eigenvalue weighted by Gasteiger charge is -2.25. The Hall–Kier alpha value is -1.98. The van der Waals surface area contributed by atoms with E-state index in [0.717, 1.165) is 29.2 Å². The van der Waals surface area contributed by atoms with Crippen LogP contribution in [0.2, 0.25) is 0 Å². The monoisotopic (exact) mass is 368 g/mol. The molecule has 3 heterocycles. The van der Waals surface area contributed by atoms with Gasteiger partial charge >= 0.3 is 0 Å². The van der Waals surface area contributed by atoms with Crippen molar-refractivity contribution in [3.63, 3.8) is 0 Å². The Labute approximate surface area is 156 Å². The van der Waals surface area contributed by atoms with Crippen LogP contribution in [0.1, 0.15) is 30.5 Å². The van der Waals surface area contributed by atoms with Crippen LogP contribution in [0.5, 0.6) is 0 Å². The molecule has 0 saturated carbocycles. The molecule has 3 aromatic rings. The van der Waals surface area contributed by atoms with E-state index in [2.05, 4.69) is 53.0 Å². The van der Waals surface area contributed by atoms with E-state index in [-0.39, 0.29) is 11.9 Å². The molecule has 1 aliphatic rings. The number of nitrogens with zero attached hydrogens (tertiary/aromatic N) is 2. The molecule has 0 radical (unpaired) electrons. The van der Waals surface area contributed by atoms with Gasteiger partial charge in [0.1, 0.15) is 5.01 Å². The molecule has 0 bridgehead atoms. The van der Waals surface area contributed by atoms with Crippen molar-refractivity contribution < 1.29 is 4.79 Å². The predicted molar refractivity (Wildman–Crippen MR) is 104 cm³/mol. The van der Waals surface area contributed by atoms with Gasteiger partial charge in [0.2, 0.25) is 5.91 Å². The fourth-order valence-corrected chi connectivity index (χ4v) is 5.13. The van der Waals surface area contributed by atoms with Crippen LogP contribution in [0, 0.1) is 0 Å². The number of benzene rings is 1. The van der Waals surface area contributed by atoms with Crippen molar-refractivity contribution in [3.8, 4) is 10.6 Å². The zero-order chi connectivity index (χ0) is 17.2.